The molecular weight excluding hydrogens is 224 g/mol. The van der Waals surface area contributed by atoms with Crippen LogP contribution in [-0.4, -0.2) is 26.7 Å². The SMILES string of the molecule is COc1ccc2c(c1)C(CC1CCCNC1)CN2. The van der Waals surface area contributed by atoms with E-state index in [1.807, 2.05) is 6.07 Å². The second-order valence-electron chi connectivity index (χ2n) is 5.48. The summed E-state index contributed by atoms with van der Waals surface area (Å²) in [6.07, 6.45) is 4.00. The van der Waals surface area contributed by atoms with Crippen LogP contribution in [0.1, 0.15) is 30.7 Å². The maximum absolute atomic E-state index is 5.34. The Labute approximate surface area is 109 Å². The van der Waals surface area contributed by atoms with Gasteiger partial charge in [-0.2, -0.15) is 0 Å². The van der Waals surface area contributed by atoms with Gasteiger partial charge in [0.1, 0.15) is 5.75 Å². The Kier molecular flexibility index (Phi) is 3.41. The smallest absolute Gasteiger partial charge is 0.119 e. The van der Waals surface area contributed by atoms with Crippen molar-refractivity contribution in [3.63, 3.8) is 0 Å². The molecule has 0 radical (unpaired) electrons. The number of ether oxygens (including phenoxy) is 1. The fraction of sp³-hybridized carbons (Fsp3) is 0.600. The van der Waals surface area contributed by atoms with E-state index >= 15 is 0 Å². The lowest BCUT2D eigenvalue weighted by Gasteiger charge is -2.25. The average molecular weight is 246 g/mol. The molecule has 2 aliphatic rings. The second-order valence-corrected chi connectivity index (χ2v) is 5.48. The summed E-state index contributed by atoms with van der Waals surface area (Å²) in [6, 6.07) is 6.39. The third kappa shape index (κ3) is 2.32. The molecule has 0 bridgehead atoms. The molecule has 0 spiro atoms. The molecule has 2 atom stereocenters. The largest absolute Gasteiger partial charge is 0.497 e. The molecule has 3 rings (SSSR count). The Morgan fingerprint density at radius 2 is 2.28 bits per heavy atom. The molecule has 2 heterocycles. The fourth-order valence-corrected chi connectivity index (χ4v) is 3.25. The van der Waals surface area contributed by atoms with E-state index in [0.717, 1.165) is 18.2 Å². The van der Waals surface area contributed by atoms with Crippen molar-refractivity contribution in [2.24, 2.45) is 5.92 Å². The Morgan fingerprint density at radius 1 is 1.33 bits per heavy atom. The van der Waals surface area contributed by atoms with Gasteiger partial charge in [-0.1, -0.05) is 0 Å². The quantitative estimate of drug-likeness (QED) is 0.860. The number of hydrogen-bond acceptors (Lipinski definition) is 3. The lowest BCUT2D eigenvalue weighted by atomic mass is 9.86. The van der Waals surface area contributed by atoms with Crippen LogP contribution in [0.4, 0.5) is 5.69 Å². The van der Waals surface area contributed by atoms with Crippen LogP contribution in [0, 0.1) is 5.92 Å². The van der Waals surface area contributed by atoms with Crippen LogP contribution in [0.2, 0.25) is 0 Å². The van der Waals surface area contributed by atoms with Gasteiger partial charge >= 0.3 is 0 Å². The first kappa shape index (κ1) is 11.8. The number of fused-ring (bicyclic) bond motifs is 1. The maximum Gasteiger partial charge on any atom is 0.119 e. The van der Waals surface area contributed by atoms with Crippen molar-refractivity contribution in [3.05, 3.63) is 23.8 Å². The molecule has 2 unspecified atom stereocenters. The zero-order valence-electron chi connectivity index (χ0n) is 11.0. The maximum atomic E-state index is 5.34. The van der Waals surface area contributed by atoms with Crippen molar-refractivity contribution in [1.82, 2.24) is 5.32 Å². The monoisotopic (exact) mass is 246 g/mol. The van der Waals surface area contributed by atoms with E-state index in [4.69, 9.17) is 4.74 Å². The summed E-state index contributed by atoms with van der Waals surface area (Å²) in [5.41, 5.74) is 2.74. The van der Waals surface area contributed by atoms with E-state index in [1.165, 1.54) is 43.6 Å². The molecule has 18 heavy (non-hydrogen) atoms. The normalized spacial score (nSPS) is 26.5. The first-order chi connectivity index (χ1) is 8.86. The van der Waals surface area contributed by atoms with Crippen LogP contribution < -0.4 is 15.4 Å². The second kappa shape index (κ2) is 5.19. The van der Waals surface area contributed by atoms with Crippen LogP contribution in [0.25, 0.3) is 0 Å². The predicted molar refractivity (Wildman–Crippen MR) is 74.4 cm³/mol. The molecule has 1 fully saturated rings. The summed E-state index contributed by atoms with van der Waals surface area (Å²) in [5.74, 6) is 2.46. The van der Waals surface area contributed by atoms with Gasteiger partial charge in [-0.25, -0.2) is 0 Å². The van der Waals surface area contributed by atoms with Crippen LogP contribution in [0.3, 0.4) is 0 Å². The minimum atomic E-state index is 0.653. The number of benzene rings is 1. The molecule has 2 N–H and O–H groups in total. The molecule has 1 saturated heterocycles. The van der Waals surface area contributed by atoms with Crippen molar-refractivity contribution < 1.29 is 4.74 Å². The van der Waals surface area contributed by atoms with Gasteiger partial charge in [-0.15, -0.1) is 0 Å². The number of nitrogens with one attached hydrogen (secondary N) is 2. The predicted octanol–water partition coefficient (Wildman–Crippen LogP) is 2.59. The average Bonchev–Trinajstić information content (AvgIpc) is 2.82. The highest BCUT2D eigenvalue weighted by Crippen LogP contribution is 2.38. The number of methoxy groups -OCH3 is 1. The summed E-state index contributed by atoms with van der Waals surface area (Å²) in [7, 11) is 1.74. The van der Waals surface area contributed by atoms with Crippen LogP contribution in [0.15, 0.2) is 18.2 Å². The highest BCUT2D eigenvalue weighted by atomic mass is 16.5. The van der Waals surface area contributed by atoms with Crippen molar-refractivity contribution in [2.75, 3.05) is 32.1 Å². The van der Waals surface area contributed by atoms with Gasteiger partial charge < -0.3 is 15.4 Å². The fourth-order valence-electron chi connectivity index (χ4n) is 3.25. The van der Waals surface area contributed by atoms with Crippen molar-refractivity contribution in [2.45, 2.75) is 25.2 Å². The Balaban J connectivity index is 1.72. The summed E-state index contributed by atoms with van der Waals surface area (Å²) in [6.45, 7) is 3.47. The van der Waals surface area contributed by atoms with E-state index < -0.39 is 0 Å². The number of anilines is 1. The summed E-state index contributed by atoms with van der Waals surface area (Å²) in [5, 5.41) is 7.03. The molecule has 2 aliphatic heterocycles. The van der Waals surface area contributed by atoms with Gasteiger partial charge in [0.2, 0.25) is 0 Å². The van der Waals surface area contributed by atoms with E-state index in [1.54, 1.807) is 7.11 Å². The first-order valence-electron chi connectivity index (χ1n) is 6.99. The lowest BCUT2D eigenvalue weighted by molar-refractivity contribution is 0.340. The topological polar surface area (TPSA) is 33.3 Å². The van der Waals surface area contributed by atoms with Gasteiger partial charge in [0.15, 0.2) is 0 Å². The third-order valence-corrected chi connectivity index (χ3v) is 4.25. The van der Waals surface area contributed by atoms with Gasteiger partial charge in [-0.3, -0.25) is 0 Å². The molecular formula is C15H22N2O. The summed E-state index contributed by atoms with van der Waals surface area (Å²) >= 11 is 0. The summed E-state index contributed by atoms with van der Waals surface area (Å²) in [4.78, 5) is 0. The molecule has 1 aromatic rings. The summed E-state index contributed by atoms with van der Waals surface area (Å²) < 4.78 is 5.34. The van der Waals surface area contributed by atoms with Gasteiger partial charge in [-0.05, 0) is 62.0 Å². The Bertz CT molecular complexity index is 413. The van der Waals surface area contributed by atoms with Crippen LogP contribution >= 0.6 is 0 Å². The van der Waals surface area contributed by atoms with E-state index in [2.05, 4.69) is 22.8 Å². The standard InChI is InChI=1S/C15H22N2O/c1-18-13-4-5-15-14(8-13)12(10-17-15)7-11-3-2-6-16-9-11/h4-5,8,11-12,16-17H,2-3,6-7,9-10H2,1H3. The van der Waals surface area contributed by atoms with E-state index in [9.17, 15) is 0 Å². The number of rotatable bonds is 3. The van der Waals surface area contributed by atoms with Crippen molar-refractivity contribution in [3.8, 4) is 5.75 Å². The highest BCUT2D eigenvalue weighted by Gasteiger charge is 2.26. The third-order valence-electron chi connectivity index (χ3n) is 4.25. The van der Waals surface area contributed by atoms with Crippen LogP contribution in [0.5, 0.6) is 5.75 Å². The molecule has 0 aliphatic carbocycles. The molecule has 3 heteroatoms. The molecule has 0 aromatic heterocycles. The van der Waals surface area contributed by atoms with Crippen molar-refractivity contribution in [1.29, 1.82) is 0 Å². The van der Waals surface area contributed by atoms with Gasteiger partial charge in [0.05, 0.1) is 7.11 Å². The van der Waals surface area contributed by atoms with Crippen molar-refractivity contribution >= 4 is 5.69 Å². The van der Waals surface area contributed by atoms with Crippen LogP contribution in [-0.2, 0) is 0 Å². The van der Waals surface area contributed by atoms with Gasteiger partial charge in [0, 0.05) is 18.2 Å². The zero-order chi connectivity index (χ0) is 12.4. The minimum absolute atomic E-state index is 0.653. The Morgan fingerprint density at radius 3 is 3.06 bits per heavy atom. The van der Waals surface area contributed by atoms with E-state index in [-0.39, 0.29) is 0 Å². The lowest BCUT2D eigenvalue weighted by Crippen LogP contribution is -2.30. The highest BCUT2D eigenvalue weighted by molar-refractivity contribution is 5.60. The molecule has 0 amide bonds. The zero-order valence-corrected chi connectivity index (χ0v) is 11.0. The van der Waals surface area contributed by atoms with E-state index in [0.29, 0.717) is 5.92 Å². The number of hydrogen-bond donors (Lipinski definition) is 2. The molecule has 3 nitrogen and oxygen atoms in total. The molecule has 98 valence electrons. The van der Waals surface area contributed by atoms with Gasteiger partial charge in [0.25, 0.3) is 0 Å². The Hall–Kier alpha value is -1.22. The molecule has 1 aromatic carbocycles. The molecule has 0 saturated carbocycles. The minimum Gasteiger partial charge on any atom is -0.497 e. The number of piperidine rings is 1. The first-order valence-corrected chi connectivity index (χ1v) is 6.99.